The molecule has 0 spiro atoms. The van der Waals surface area contributed by atoms with Gasteiger partial charge in [-0.3, -0.25) is 0 Å². The van der Waals surface area contributed by atoms with Crippen LogP contribution in [0, 0.1) is 6.92 Å². The monoisotopic (exact) mass is 171 g/mol. The Morgan fingerprint density at radius 3 is 2.58 bits per heavy atom. The third-order valence-electron chi connectivity index (χ3n) is 1.47. The zero-order valence-corrected chi connectivity index (χ0v) is 6.01. The normalized spacial score (nSPS) is 17.9. The molecule has 0 aromatic heterocycles. The lowest BCUT2D eigenvalue weighted by Crippen LogP contribution is -2.25. The zero-order chi connectivity index (χ0) is 8.77. The summed E-state index contributed by atoms with van der Waals surface area (Å²) in [5.74, 6) is 0.0832. The molecular weight excluding hydrogens is 166 g/mol. The molecule has 2 nitrogen and oxygen atoms in total. The Labute approximate surface area is 67.7 Å². The zero-order valence-electron chi connectivity index (χ0n) is 6.01. The van der Waals surface area contributed by atoms with Gasteiger partial charge in [0.2, 0.25) is 0 Å². The maximum absolute atomic E-state index is 12.4. The van der Waals surface area contributed by atoms with E-state index in [0.29, 0.717) is 5.56 Å². The van der Waals surface area contributed by atoms with Gasteiger partial charge >= 0.3 is 6.29 Å². The maximum atomic E-state index is 12.4. The van der Waals surface area contributed by atoms with Crippen molar-refractivity contribution < 1.29 is 18.3 Å². The molecule has 12 heavy (non-hydrogen) atoms. The topological polar surface area (TPSA) is 18.5 Å². The third-order valence-corrected chi connectivity index (χ3v) is 1.47. The highest BCUT2D eigenvalue weighted by atomic mass is 19.3. The maximum Gasteiger partial charge on any atom is 0.586 e. The molecule has 2 rings (SSSR count). The highest BCUT2D eigenvalue weighted by molar-refractivity contribution is 5.45. The van der Waals surface area contributed by atoms with Gasteiger partial charge in [-0.25, -0.2) is 0 Å². The second-order valence-corrected chi connectivity index (χ2v) is 2.45. The van der Waals surface area contributed by atoms with Crippen LogP contribution >= 0.6 is 0 Å². The minimum atomic E-state index is -3.53. The molecule has 0 saturated heterocycles. The molecule has 4 heteroatoms. The van der Waals surface area contributed by atoms with Crippen LogP contribution < -0.4 is 9.47 Å². The van der Waals surface area contributed by atoms with Gasteiger partial charge in [0.25, 0.3) is 0 Å². The summed E-state index contributed by atoms with van der Waals surface area (Å²) in [4.78, 5) is 0. The van der Waals surface area contributed by atoms with Crippen molar-refractivity contribution in [1.29, 1.82) is 0 Å². The van der Waals surface area contributed by atoms with E-state index in [4.69, 9.17) is 0 Å². The number of hydrogen-bond acceptors (Lipinski definition) is 2. The number of alkyl halides is 2. The fourth-order valence-corrected chi connectivity index (χ4v) is 0.993. The van der Waals surface area contributed by atoms with Gasteiger partial charge in [0.15, 0.2) is 11.5 Å². The number of hydrogen-bond donors (Lipinski definition) is 0. The Morgan fingerprint density at radius 2 is 1.83 bits per heavy atom. The van der Waals surface area contributed by atoms with E-state index in [0.717, 1.165) is 0 Å². The van der Waals surface area contributed by atoms with Crippen molar-refractivity contribution in [1.82, 2.24) is 0 Å². The second kappa shape index (κ2) is 2.09. The lowest BCUT2D eigenvalue weighted by molar-refractivity contribution is -0.286. The molecule has 1 heterocycles. The number of ether oxygens (including phenoxy) is 2. The fraction of sp³-hybridized carbons (Fsp3) is 0.125. The van der Waals surface area contributed by atoms with Crippen LogP contribution in [0.4, 0.5) is 8.78 Å². The van der Waals surface area contributed by atoms with E-state index < -0.39 is 6.29 Å². The summed E-state index contributed by atoms with van der Waals surface area (Å²) >= 11 is 0. The SMILES string of the molecule is [CH2]c1ccc2c(c1)OC(F)(F)O2. The predicted octanol–water partition coefficient (Wildman–Crippen LogP) is 2.19. The molecular formula is C8H5F2O2. The molecule has 1 aromatic carbocycles. The smallest absolute Gasteiger partial charge is 0.395 e. The molecule has 0 unspecified atom stereocenters. The first-order chi connectivity index (χ1) is 5.57. The molecule has 1 radical (unpaired) electrons. The Kier molecular flexibility index (Phi) is 1.28. The molecule has 0 amide bonds. The second-order valence-electron chi connectivity index (χ2n) is 2.45. The minimum absolute atomic E-state index is 0.0347. The minimum Gasteiger partial charge on any atom is -0.395 e. The van der Waals surface area contributed by atoms with Gasteiger partial charge in [0, 0.05) is 0 Å². The number of benzene rings is 1. The highest BCUT2D eigenvalue weighted by Gasteiger charge is 2.43. The van der Waals surface area contributed by atoms with Crippen molar-refractivity contribution in [2.75, 3.05) is 0 Å². The van der Waals surface area contributed by atoms with Crippen molar-refractivity contribution in [3.63, 3.8) is 0 Å². The first-order valence-corrected chi connectivity index (χ1v) is 3.29. The molecule has 0 saturated carbocycles. The van der Waals surface area contributed by atoms with Crippen LogP contribution in [0.3, 0.4) is 0 Å². The van der Waals surface area contributed by atoms with Gasteiger partial charge in [0.1, 0.15) is 0 Å². The summed E-state index contributed by atoms with van der Waals surface area (Å²) in [6.07, 6.45) is -3.53. The van der Waals surface area contributed by atoms with E-state index in [1.54, 1.807) is 6.07 Å². The summed E-state index contributed by atoms with van der Waals surface area (Å²) in [6, 6.07) is 4.37. The van der Waals surface area contributed by atoms with Crippen molar-refractivity contribution in [2.45, 2.75) is 6.29 Å². The molecule has 0 atom stereocenters. The van der Waals surface area contributed by atoms with Gasteiger partial charge in [-0.15, -0.1) is 8.78 Å². The number of rotatable bonds is 0. The van der Waals surface area contributed by atoms with Gasteiger partial charge < -0.3 is 9.47 Å². The molecule has 0 bridgehead atoms. The number of halogens is 2. The molecule has 0 N–H and O–H groups in total. The number of fused-ring (bicyclic) bond motifs is 1. The van der Waals surface area contributed by atoms with E-state index >= 15 is 0 Å². The van der Waals surface area contributed by atoms with Crippen LogP contribution in [0.2, 0.25) is 0 Å². The lowest BCUT2D eigenvalue weighted by atomic mass is 10.2. The molecule has 1 aliphatic heterocycles. The van der Waals surface area contributed by atoms with Crippen LogP contribution in [0.5, 0.6) is 11.5 Å². The highest BCUT2D eigenvalue weighted by Crippen LogP contribution is 2.40. The Hall–Kier alpha value is -1.32. The fourth-order valence-electron chi connectivity index (χ4n) is 0.993. The van der Waals surface area contributed by atoms with Crippen LogP contribution in [0.25, 0.3) is 0 Å². The summed E-state index contributed by atoms with van der Waals surface area (Å²) in [5.41, 5.74) is 0.607. The van der Waals surface area contributed by atoms with Crippen molar-refractivity contribution in [2.24, 2.45) is 0 Å². The molecule has 63 valence electrons. The summed E-state index contributed by atoms with van der Waals surface area (Å²) in [5, 5.41) is 0. The molecule has 1 aromatic rings. The van der Waals surface area contributed by atoms with E-state index in [9.17, 15) is 8.78 Å². The van der Waals surface area contributed by atoms with Gasteiger partial charge in [-0.05, 0) is 24.6 Å². The van der Waals surface area contributed by atoms with Crippen LogP contribution in [0.1, 0.15) is 5.56 Å². The van der Waals surface area contributed by atoms with E-state index in [2.05, 4.69) is 16.4 Å². The van der Waals surface area contributed by atoms with Crippen LogP contribution in [0.15, 0.2) is 18.2 Å². The first-order valence-electron chi connectivity index (χ1n) is 3.29. The van der Waals surface area contributed by atoms with Crippen LogP contribution in [-0.2, 0) is 0 Å². The molecule has 0 fully saturated rings. The standard InChI is InChI=1S/C8H5F2O2/c1-5-2-3-6-7(4-5)12-8(9,10)11-6/h2-4H,1H2. The largest absolute Gasteiger partial charge is 0.586 e. The average Bonchev–Trinajstić information content (AvgIpc) is 2.21. The predicted molar refractivity (Wildman–Crippen MR) is 37.1 cm³/mol. The summed E-state index contributed by atoms with van der Waals surface area (Å²) in [6.45, 7) is 3.57. The first kappa shape index (κ1) is 7.34. The average molecular weight is 171 g/mol. The summed E-state index contributed by atoms with van der Waals surface area (Å²) < 4.78 is 33.2. The Bertz CT molecular complexity index is 323. The van der Waals surface area contributed by atoms with Gasteiger partial charge in [0.05, 0.1) is 0 Å². The van der Waals surface area contributed by atoms with Crippen molar-refractivity contribution in [3.05, 3.63) is 30.7 Å². The Balaban J connectivity index is 2.43. The van der Waals surface area contributed by atoms with E-state index in [1.165, 1.54) is 12.1 Å². The third kappa shape index (κ3) is 1.09. The van der Waals surface area contributed by atoms with Gasteiger partial charge in [-0.2, -0.15) is 0 Å². The quantitative estimate of drug-likeness (QED) is 0.595. The summed E-state index contributed by atoms with van der Waals surface area (Å²) in [7, 11) is 0. The van der Waals surface area contributed by atoms with E-state index in [1.807, 2.05) is 0 Å². The van der Waals surface area contributed by atoms with Gasteiger partial charge in [-0.1, -0.05) is 6.07 Å². The van der Waals surface area contributed by atoms with Crippen molar-refractivity contribution >= 4 is 0 Å². The molecule has 0 aliphatic carbocycles. The lowest BCUT2D eigenvalue weighted by Gasteiger charge is -2.04. The van der Waals surface area contributed by atoms with E-state index in [-0.39, 0.29) is 11.5 Å². The Morgan fingerprint density at radius 1 is 1.17 bits per heavy atom. The molecule has 1 aliphatic rings. The van der Waals surface area contributed by atoms with Crippen LogP contribution in [-0.4, -0.2) is 6.29 Å². The van der Waals surface area contributed by atoms with Crippen molar-refractivity contribution in [3.8, 4) is 11.5 Å².